The molecule has 6 aromatic carbocycles. The van der Waals surface area contributed by atoms with Crippen molar-refractivity contribution in [1.29, 1.82) is 0 Å². The third kappa shape index (κ3) is 6.24. The summed E-state index contributed by atoms with van der Waals surface area (Å²) in [7, 11) is 0. The van der Waals surface area contributed by atoms with E-state index in [4.69, 9.17) is 9.47 Å². The number of hydrogen-bond acceptors (Lipinski definition) is 5. The van der Waals surface area contributed by atoms with E-state index in [1.165, 1.54) is 0 Å². The zero-order valence-electron chi connectivity index (χ0n) is 27.4. The number of carbonyl (C=O) groups is 2. The van der Waals surface area contributed by atoms with Crippen LogP contribution in [0.3, 0.4) is 0 Å². The summed E-state index contributed by atoms with van der Waals surface area (Å²) in [4.78, 5) is 31.5. The van der Waals surface area contributed by atoms with Crippen LogP contribution in [-0.2, 0) is 37.8 Å². The van der Waals surface area contributed by atoms with Crippen molar-refractivity contribution in [2.24, 2.45) is 0 Å². The first-order chi connectivity index (χ1) is 24.1. The molecule has 1 aliphatic rings. The number of carbonyl (C=O) groups excluding carboxylic acids is 2. The second kappa shape index (κ2) is 14.3. The summed E-state index contributed by atoms with van der Waals surface area (Å²) in [5.41, 5.74) is 3.29. The molecule has 6 heteroatoms. The fourth-order valence-corrected chi connectivity index (χ4v) is 6.90. The monoisotopic (exact) mass is 646 g/mol. The van der Waals surface area contributed by atoms with Gasteiger partial charge in [0.05, 0.1) is 31.5 Å². The van der Waals surface area contributed by atoms with Crippen molar-refractivity contribution in [3.8, 4) is 0 Å². The summed E-state index contributed by atoms with van der Waals surface area (Å²) in [5, 5.41) is 5.72. The van der Waals surface area contributed by atoms with E-state index < -0.39 is 23.7 Å². The molecule has 2 atom stereocenters. The first-order valence-corrected chi connectivity index (χ1v) is 16.7. The maximum absolute atomic E-state index is 15.3. The lowest BCUT2D eigenvalue weighted by Crippen LogP contribution is -2.60. The minimum atomic E-state index is -1.77. The van der Waals surface area contributed by atoms with Crippen LogP contribution in [0.4, 0.5) is 5.69 Å². The van der Waals surface area contributed by atoms with Gasteiger partial charge >= 0.3 is 5.97 Å². The maximum atomic E-state index is 15.3. The molecular formula is C43H38N2O4. The first kappa shape index (κ1) is 32.0. The van der Waals surface area contributed by atoms with Crippen LogP contribution in [0, 0.1) is 0 Å². The van der Waals surface area contributed by atoms with Crippen LogP contribution in [0.1, 0.15) is 40.8 Å². The van der Waals surface area contributed by atoms with Gasteiger partial charge in [0.2, 0.25) is 0 Å². The van der Waals surface area contributed by atoms with Crippen LogP contribution < -0.4 is 10.2 Å². The number of para-hydroxylation sites is 1. The zero-order chi connectivity index (χ0) is 33.6. The van der Waals surface area contributed by atoms with Crippen molar-refractivity contribution in [1.82, 2.24) is 5.32 Å². The quantitative estimate of drug-likeness (QED) is 0.136. The molecular weight excluding hydrogens is 608 g/mol. The number of amides is 1. The third-order valence-electron chi connectivity index (χ3n) is 9.20. The smallest absolute Gasteiger partial charge is 0.327 e. The van der Waals surface area contributed by atoms with Gasteiger partial charge in [0, 0.05) is 5.56 Å². The van der Waals surface area contributed by atoms with Gasteiger partial charge in [0.15, 0.2) is 5.60 Å². The molecule has 1 aliphatic heterocycles. The molecule has 1 N–H and O–H groups in total. The number of benzene rings is 6. The van der Waals surface area contributed by atoms with Crippen molar-refractivity contribution >= 4 is 28.3 Å². The highest BCUT2D eigenvalue weighted by atomic mass is 16.5. The predicted molar refractivity (Wildman–Crippen MR) is 193 cm³/mol. The van der Waals surface area contributed by atoms with E-state index in [0.29, 0.717) is 17.8 Å². The largest absolute Gasteiger partial charge is 0.465 e. The molecule has 7 rings (SSSR count). The Morgan fingerprint density at radius 1 is 0.714 bits per heavy atom. The Kier molecular flexibility index (Phi) is 9.33. The standard InChI is InChI=1S/C43H38N2O4/c1-2-48-41(46)40(44-39(33-20-8-4-9-21-33)34-22-10-5-11-23-34)43(49-30-35-25-16-24-32-19-12-13-26-36(32)35)37-27-14-15-28-38(37)45(42(43)47)29-31-17-6-3-7-18-31/h3-28,39-40,44H,2,29-30H2,1H3/t40-,43+/m1/s1. The van der Waals surface area contributed by atoms with E-state index in [9.17, 15) is 4.79 Å². The summed E-state index contributed by atoms with van der Waals surface area (Å²) in [6.45, 7) is 2.31. The van der Waals surface area contributed by atoms with Crippen molar-refractivity contribution < 1.29 is 19.1 Å². The Balaban J connectivity index is 1.41. The average Bonchev–Trinajstić information content (AvgIpc) is 3.39. The van der Waals surface area contributed by atoms with E-state index in [0.717, 1.165) is 33.0 Å². The lowest BCUT2D eigenvalue weighted by molar-refractivity contribution is -0.169. The molecule has 0 saturated carbocycles. The summed E-state index contributed by atoms with van der Waals surface area (Å²) in [5.74, 6) is -0.898. The Morgan fingerprint density at radius 2 is 1.31 bits per heavy atom. The Bertz CT molecular complexity index is 2010. The highest BCUT2D eigenvalue weighted by molar-refractivity contribution is 6.10. The van der Waals surface area contributed by atoms with Crippen LogP contribution in [0.2, 0.25) is 0 Å². The molecule has 0 aliphatic carbocycles. The Hall–Kier alpha value is -5.56. The van der Waals surface area contributed by atoms with Crippen LogP contribution in [-0.4, -0.2) is 24.5 Å². The van der Waals surface area contributed by atoms with E-state index in [-0.39, 0.29) is 19.1 Å². The highest BCUT2D eigenvalue weighted by Gasteiger charge is 2.60. The van der Waals surface area contributed by atoms with Crippen LogP contribution in [0.5, 0.6) is 0 Å². The molecule has 0 aromatic heterocycles. The number of nitrogens with one attached hydrogen (secondary N) is 1. The molecule has 1 heterocycles. The van der Waals surface area contributed by atoms with Crippen LogP contribution in [0.15, 0.2) is 158 Å². The number of esters is 1. The van der Waals surface area contributed by atoms with Crippen molar-refractivity contribution in [2.75, 3.05) is 11.5 Å². The van der Waals surface area contributed by atoms with Gasteiger partial charge in [0.25, 0.3) is 5.91 Å². The third-order valence-corrected chi connectivity index (χ3v) is 9.20. The van der Waals surface area contributed by atoms with Gasteiger partial charge in [0.1, 0.15) is 6.04 Å². The van der Waals surface area contributed by atoms with E-state index in [1.54, 1.807) is 11.8 Å². The molecule has 0 spiro atoms. The molecule has 49 heavy (non-hydrogen) atoms. The van der Waals surface area contributed by atoms with Gasteiger partial charge < -0.3 is 14.4 Å². The molecule has 244 valence electrons. The van der Waals surface area contributed by atoms with Gasteiger partial charge in [-0.3, -0.25) is 14.9 Å². The van der Waals surface area contributed by atoms with E-state index in [1.807, 2.05) is 140 Å². The van der Waals surface area contributed by atoms with Crippen molar-refractivity contribution in [2.45, 2.75) is 37.8 Å². The number of rotatable bonds is 12. The number of nitrogens with zero attached hydrogens (tertiary/aromatic N) is 1. The number of ether oxygens (including phenoxy) is 2. The minimum absolute atomic E-state index is 0.0829. The normalized spacial score (nSPS) is 16.1. The van der Waals surface area contributed by atoms with E-state index in [2.05, 4.69) is 23.5 Å². The van der Waals surface area contributed by atoms with Gasteiger partial charge in [-0.05, 0) is 46.0 Å². The summed E-state index contributed by atoms with van der Waals surface area (Å²) in [6.07, 6.45) is 0. The lowest BCUT2D eigenvalue weighted by Gasteiger charge is -2.38. The van der Waals surface area contributed by atoms with Gasteiger partial charge in [-0.1, -0.05) is 152 Å². The SMILES string of the molecule is CCOC(=O)[C@@H](NC(c1ccccc1)c1ccccc1)[C@]1(OCc2cccc3ccccc23)C(=O)N(Cc2ccccc2)c2ccccc21. The maximum Gasteiger partial charge on any atom is 0.327 e. The van der Waals surface area contributed by atoms with Crippen LogP contribution in [0.25, 0.3) is 10.8 Å². The number of hydrogen-bond donors (Lipinski definition) is 1. The molecule has 1 amide bonds. The fraction of sp³-hybridized carbons (Fsp3) is 0.163. The average molecular weight is 647 g/mol. The van der Waals surface area contributed by atoms with E-state index >= 15 is 4.79 Å². The Morgan fingerprint density at radius 3 is 2.00 bits per heavy atom. The topological polar surface area (TPSA) is 67.9 Å². The first-order valence-electron chi connectivity index (χ1n) is 16.7. The lowest BCUT2D eigenvalue weighted by atomic mass is 9.85. The zero-order valence-corrected chi connectivity index (χ0v) is 27.4. The van der Waals surface area contributed by atoms with Gasteiger partial charge in [-0.15, -0.1) is 0 Å². The molecule has 0 saturated heterocycles. The highest BCUT2D eigenvalue weighted by Crippen LogP contribution is 2.47. The van der Waals surface area contributed by atoms with Crippen molar-refractivity contribution in [3.63, 3.8) is 0 Å². The van der Waals surface area contributed by atoms with Crippen molar-refractivity contribution in [3.05, 3.63) is 186 Å². The second-order valence-electron chi connectivity index (χ2n) is 12.2. The van der Waals surface area contributed by atoms with Gasteiger partial charge in [-0.25, -0.2) is 0 Å². The second-order valence-corrected chi connectivity index (χ2v) is 12.2. The fourth-order valence-electron chi connectivity index (χ4n) is 6.90. The van der Waals surface area contributed by atoms with Gasteiger partial charge in [-0.2, -0.15) is 0 Å². The molecule has 6 aromatic rings. The minimum Gasteiger partial charge on any atom is -0.465 e. The predicted octanol–water partition coefficient (Wildman–Crippen LogP) is 8.11. The molecule has 0 unspecified atom stereocenters. The molecule has 0 radical (unpaired) electrons. The molecule has 0 bridgehead atoms. The number of fused-ring (bicyclic) bond motifs is 2. The molecule has 0 fully saturated rings. The summed E-state index contributed by atoms with van der Waals surface area (Å²) in [6, 6.07) is 49.8. The van der Waals surface area contributed by atoms with Crippen LogP contribution >= 0.6 is 0 Å². The Labute approximate surface area is 286 Å². The molecule has 6 nitrogen and oxygen atoms in total. The summed E-state index contributed by atoms with van der Waals surface area (Å²) >= 11 is 0. The number of anilines is 1. The summed E-state index contributed by atoms with van der Waals surface area (Å²) < 4.78 is 12.8.